The van der Waals surface area contributed by atoms with Gasteiger partial charge in [-0.25, -0.2) is 9.88 Å². The third-order valence-electron chi connectivity index (χ3n) is 5.30. The predicted molar refractivity (Wildman–Crippen MR) is 85.1 cm³/mol. The molecule has 0 spiro atoms. The Morgan fingerprint density at radius 2 is 2.05 bits per heavy atom. The molecule has 1 aromatic heterocycles. The minimum absolute atomic E-state index is 0.255. The van der Waals surface area contributed by atoms with E-state index >= 15 is 0 Å². The summed E-state index contributed by atoms with van der Waals surface area (Å²) in [6.45, 7) is 5.27. The molecule has 5 heteroatoms. The normalized spacial score (nSPS) is 28.8. The molecule has 0 N–H and O–H groups in total. The molecule has 22 heavy (non-hydrogen) atoms. The van der Waals surface area contributed by atoms with Crippen LogP contribution >= 0.6 is 0 Å². The number of rotatable bonds is 5. The zero-order valence-corrected chi connectivity index (χ0v) is 14.2. The highest BCUT2D eigenvalue weighted by molar-refractivity contribution is 5.05. The lowest BCUT2D eigenvalue weighted by molar-refractivity contribution is -0.179. The Morgan fingerprint density at radius 1 is 1.32 bits per heavy atom. The summed E-state index contributed by atoms with van der Waals surface area (Å²) in [5.74, 6) is 2.32. The van der Waals surface area contributed by atoms with Crippen LogP contribution < -0.4 is 0 Å². The number of imidazole rings is 1. The fraction of sp³-hybridized carbons (Fsp3) is 0.824. The standard InChI is InChI=1S/C17H29N3O2/c1-12(2)14-11-22-17(21-4)20(14)15(13-7-5-6-8-13)16-18-9-10-19(16)3/h9-10,12-15,17H,5-8,11H2,1-4H3/t14-,15-,17-/m1/s1. The maximum Gasteiger partial charge on any atom is 0.219 e. The molecule has 1 saturated heterocycles. The van der Waals surface area contributed by atoms with E-state index in [9.17, 15) is 0 Å². The van der Waals surface area contributed by atoms with Crippen LogP contribution in [0.25, 0.3) is 0 Å². The molecule has 0 bridgehead atoms. The van der Waals surface area contributed by atoms with Gasteiger partial charge in [0.25, 0.3) is 0 Å². The highest BCUT2D eigenvalue weighted by Gasteiger charge is 2.45. The molecular formula is C17H29N3O2. The van der Waals surface area contributed by atoms with Crippen molar-refractivity contribution in [2.45, 2.75) is 58.0 Å². The summed E-state index contributed by atoms with van der Waals surface area (Å²) < 4.78 is 13.7. The summed E-state index contributed by atoms with van der Waals surface area (Å²) in [6.07, 6.45) is 8.88. The van der Waals surface area contributed by atoms with E-state index in [1.54, 1.807) is 7.11 Å². The molecule has 0 aromatic carbocycles. The Morgan fingerprint density at radius 3 is 2.59 bits per heavy atom. The first-order valence-corrected chi connectivity index (χ1v) is 8.52. The van der Waals surface area contributed by atoms with Crippen LogP contribution in [0.1, 0.15) is 51.4 Å². The zero-order valence-electron chi connectivity index (χ0n) is 14.2. The zero-order chi connectivity index (χ0) is 15.7. The Kier molecular flexibility index (Phi) is 4.85. The lowest BCUT2D eigenvalue weighted by Crippen LogP contribution is -2.46. The quantitative estimate of drug-likeness (QED) is 0.838. The molecule has 5 nitrogen and oxygen atoms in total. The van der Waals surface area contributed by atoms with E-state index in [1.165, 1.54) is 25.7 Å². The average Bonchev–Trinajstić information content (AvgIpc) is 3.22. The van der Waals surface area contributed by atoms with Gasteiger partial charge in [-0.05, 0) is 24.7 Å². The van der Waals surface area contributed by atoms with Crippen LogP contribution in [-0.2, 0) is 16.5 Å². The molecule has 0 radical (unpaired) electrons. The smallest absolute Gasteiger partial charge is 0.219 e. The van der Waals surface area contributed by atoms with Crippen molar-refractivity contribution in [1.29, 1.82) is 0 Å². The molecule has 1 aliphatic carbocycles. The van der Waals surface area contributed by atoms with Gasteiger partial charge in [-0.2, -0.15) is 0 Å². The third-order valence-corrected chi connectivity index (χ3v) is 5.30. The number of ether oxygens (including phenoxy) is 2. The second kappa shape index (κ2) is 6.69. The highest BCUT2D eigenvalue weighted by atomic mass is 16.7. The minimum atomic E-state index is -0.255. The van der Waals surface area contributed by atoms with Gasteiger partial charge in [-0.15, -0.1) is 0 Å². The first-order valence-electron chi connectivity index (χ1n) is 8.52. The van der Waals surface area contributed by atoms with Gasteiger partial charge in [0.2, 0.25) is 6.41 Å². The van der Waals surface area contributed by atoms with Crippen LogP contribution in [0.3, 0.4) is 0 Å². The summed E-state index contributed by atoms with van der Waals surface area (Å²) in [6, 6.07) is 0.662. The van der Waals surface area contributed by atoms with Gasteiger partial charge < -0.3 is 14.0 Å². The number of nitrogens with zero attached hydrogens (tertiary/aromatic N) is 3. The maximum atomic E-state index is 5.93. The number of hydrogen-bond donors (Lipinski definition) is 0. The Balaban J connectivity index is 1.97. The van der Waals surface area contributed by atoms with Gasteiger partial charge in [-0.1, -0.05) is 26.7 Å². The fourth-order valence-corrected chi connectivity index (χ4v) is 4.10. The van der Waals surface area contributed by atoms with E-state index in [0.717, 1.165) is 12.4 Å². The molecule has 2 aliphatic rings. The van der Waals surface area contributed by atoms with Crippen molar-refractivity contribution in [3.05, 3.63) is 18.2 Å². The summed E-state index contributed by atoms with van der Waals surface area (Å²) >= 11 is 0. The van der Waals surface area contributed by atoms with Gasteiger partial charge in [0.05, 0.1) is 12.6 Å². The minimum Gasteiger partial charge on any atom is -0.343 e. The molecule has 3 rings (SSSR count). The van der Waals surface area contributed by atoms with Crippen molar-refractivity contribution < 1.29 is 9.47 Å². The number of aromatic nitrogens is 2. The van der Waals surface area contributed by atoms with Crippen molar-refractivity contribution in [2.24, 2.45) is 18.9 Å². The summed E-state index contributed by atoms with van der Waals surface area (Å²) in [7, 11) is 3.83. The van der Waals surface area contributed by atoms with E-state index in [4.69, 9.17) is 9.47 Å². The second-order valence-corrected chi connectivity index (χ2v) is 7.02. The topological polar surface area (TPSA) is 39.5 Å². The van der Waals surface area contributed by atoms with Crippen molar-refractivity contribution in [3.63, 3.8) is 0 Å². The largest absolute Gasteiger partial charge is 0.343 e. The Bertz CT molecular complexity index is 482. The van der Waals surface area contributed by atoms with Crippen molar-refractivity contribution in [3.8, 4) is 0 Å². The van der Waals surface area contributed by atoms with Crippen LogP contribution in [-0.4, -0.2) is 40.6 Å². The van der Waals surface area contributed by atoms with Crippen LogP contribution in [0.5, 0.6) is 0 Å². The lowest BCUT2D eigenvalue weighted by atomic mass is 9.92. The molecule has 3 atom stereocenters. The third kappa shape index (κ3) is 2.82. The highest BCUT2D eigenvalue weighted by Crippen LogP contribution is 2.43. The van der Waals surface area contributed by atoms with E-state index in [1.807, 2.05) is 12.4 Å². The molecule has 0 amide bonds. The van der Waals surface area contributed by atoms with Crippen molar-refractivity contribution in [2.75, 3.05) is 13.7 Å². The lowest BCUT2D eigenvalue weighted by Gasteiger charge is -2.39. The second-order valence-electron chi connectivity index (χ2n) is 7.02. The van der Waals surface area contributed by atoms with E-state index in [2.05, 4.69) is 35.3 Å². The SMILES string of the molecule is CO[C@@H]1OC[C@H](C(C)C)N1[C@@H](c1nccn1C)C1CCCC1. The molecular weight excluding hydrogens is 278 g/mol. The first kappa shape index (κ1) is 16.0. The summed E-state index contributed by atoms with van der Waals surface area (Å²) in [5.41, 5.74) is 0. The van der Waals surface area contributed by atoms with Gasteiger partial charge in [0.15, 0.2) is 0 Å². The van der Waals surface area contributed by atoms with Gasteiger partial charge in [0.1, 0.15) is 5.82 Å². The first-order chi connectivity index (χ1) is 10.6. The van der Waals surface area contributed by atoms with Crippen LogP contribution in [0.4, 0.5) is 0 Å². The maximum absolute atomic E-state index is 5.93. The number of aryl methyl sites for hydroxylation is 1. The number of hydrogen-bond acceptors (Lipinski definition) is 4. The molecule has 0 unspecified atom stereocenters. The van der Waals surface area contributed by atoms with Crippen LogP contribution in [0.2, 0.25) is 0 Å². The Hall–Kier alpha value is -0.910. The Labute approximate surface area is 133 Å². The predicted octanol–water partition coefficient (Wildman–Crippen LogP) is 2.94. The van der Waals surface area contributed by atoms with Crippen molar-refractivity contribution in [1.82, 2.24) is 14.5 Å². The summed E-state index contributed by atoms with van der Waals surface area (Å²) in [4.78, 5) is 7.13. The fourth-order valence-electron chi connectivity index (χ4n) is 4.10. The van der Waals surface area contributed by atoms with E-state index < -0.39 is 0 Å². The molecule has 1 aliphatic heterocycles. The number of methoxy groups -OCH3 is 1. The molecule has 124 valence electrons. The summed E-state index contributed by atoms with van der Waals surface area (Å²) in [5, 5.41) is 0. The van der Waals surface area contributed by atoms with Gasteiger partial charge in [-0.3, -0.25) is 0 Å². The van der Waals surface area contributed by atoms with Crippen molar-refractivity contribution >= 4 is 0 Å². The van der Waals surface area contributed by atoms with Gasteiger partial charge in [0, 0.05) is 32.6 Å². The molecule has 1 aromatic rings. The molecule has 2 fully saturated rings. The van der Waals surface area contributed by atoms with E-state index in [0.29, 0.717) is 17.9 Å². The molecule has 2 heterocycles. The average molecular weight is 307 g/mol. The molecule has 1 saturated carbocycles. The van der Waals surface area contributed by atoms with E-state index in [-0.39, 0.29) is 12.5 Å². The monoisotopic (exact) mass is 307 g/mol. The van der Waals surface area contributed by atoms with Gasteiger partial charge >= 0.3 is 0 Å². The van der Waals surface area contributed by atoms with Crippen LogP contribution in [0, 0.1) is 11.8 Å². The van der Waals surface area contributed by atoms with Crippen LogP contribution in [0.15, 0.2) is 12.4 Å².